The molecule has 0 heterocycles. The molecule has 0 aromatic heterocycles. The monoisotopic (exact) mass is 170 g/mol. The van der Waals surface area contributed by atoms with Crippen molar-refractivity contribution in [3.63, 3.8) is 0 Å². The van der Waals surface area contributed by atoms with Crippen LogP contribution in [0.2, 0.25) is 5.02 Å². The summed E-state index contributed by atoms with van der Waals surface area (Å²) in [4.78, 5) is 0. The lowest BCUT2D eigenvalue weighted by Crippen LogP contribution is -1.89. The number of rotatable bonds is 3. The highest BCUT2D eigenvalue weighted by atomic mass is 35.5. The van der Waals surface area contributed by atoms with E-state index in [-0.39, 0.29) is 6.61 Å². The molecule has 1 aromatic carbocycles. The normalized spacial score (nSPS) is 10.0. The van der Waals surface area contributed by atoms with Crippen LogP contribution in [0.3, 0.4) is 0 Å². The summed E-state index contributed by atoms with van der Waals surface area (Å²) in [5.41, 5.74) is 1.11. The predicted octanol–water partition coefficient (Wildman–Crippen LogP) is 2.26. The van der Waals surface area contributed by atoms with E-state index < -0.39 is 0 Å². The van der Waals surface area contributed by atoms with Gasteiger partial charge in [-0.1, -0.05) is 29.8 Å². The van der Waals surface area contributed by atoms with E-state index in [2.05, 4.69) is 0 Å². The van der Waals surface area contributed by atoms with Gasteiger partial charge in [0.25, 0.3) is 0 Å². The highest BCUT2D eigenvalue weighted by Crippen LogP contribution is 2.15. The molecule has 1 nitrogen and oxygen atoms in total. The van der Waals surface area contributed by atoms with Gasteiger partial charge in [-0.05, 0) is 24.5 Å². The molecule has 0 aliphatic carbocycles. The zero-order valence-corrected chi connectivity index (χ0v) is 7.01. The van der Waals surface area contributed by atoms with E-state index in [4.69, 9.17) is 16.7 Å². The first-order valence-corrected chi connectivity index (χ1v) is 4.06. The Morgan fingerprint density at radius 1 is 1.27 bits per heavy atom. The Hall–Kier alpha value is -0.530. The molecule has 0 aliphatic heterocycles. The second-order valence-electron chi connectivity index (χ2n) is 2.42. The third-order valence-electron chi connectivity index (χ3n) is 1.56. The molecule has 11 heavy (non-hydrogen) atoms. The molecule has 1 rings (SSSR count). The molecule has 0 atom stereocenters. The molecular formula is C9H11ClO. The van der Waals surface area contributed by atoms with Crippen LogP contribution in [0.1, 0.15) is 12.0 Å². The molecule has 0 radical (unpaired) electrons. The van der Waals surface area contributed by atoms with Gasteiger partial charge < -0.3 is 5.11 Å². The predicted molar refractivity (Wildman–Crippen MR) is 46.9 cm³/mol. The van der Waals surface area contributed by atoms with Crippen LogP contribution in [0, 0.1) is 0 Å². The molecule has 0 aliphatic rings. The largest absolute Gasteiger partial charge is 0.396 e. The molecule has 0 spiro atoms. The maximum Gasteiger partial charge on any atom is 0.0437 e. The topological polar surface area (TPSA) is 20.2 Å². The Labute approximate surface area is 71.6 Å². The van der Waals surface area contributed by atoms with Crippen molar-refractivity contribution in [3.05, 3.63) is 34.9 Å². The van der Waals surface area contributed by atoms with E-state index in [1.54, 1.807) is 0 Å². The van der Waals surface area contributed by atoms with Crippen molar-refractivity contribution >= 4 is 11.6 Å². The van der Waals surface area contributed by atoms with Crippen LogP contribution in [-0.2, 0) is 6.42 Å². The summed E-state index contributed by atoms with van der Waals surface area (Å²) in [6.07, 6.45) is 1.64. The van der Waals surface area contributed by atoms with E-state index in [1.165, 1.54) is 0 Å². The molecule has 0 bridgehead atoms. The molecule has 60 valence electrons. The molecule has 0 fully saturated rings. The fourth-order valence-corrected chi connectivity index (χ4v) is 1.20. The van der Waals surface area contributed by atoms with Crippen LogP contribution in [0.15, 0.2) is 24.3 Å². The fraction of sp³-hybridized carbons (Fsp3) is 0.333. The van der Waals surface area contributed by atoms with Crippen LogP contribution >= 0.6 is 11.6 Å². The Kier molecular flexibility index (Phi) is 3.40. The Morgan fingerprint density at radius 2 is 2.00 bits per heavy atom. The minimum Gasteiger partial charge on any atom is -0.396 e. The van der Waals surface area contributed by atoms with Gasteiger partial charge >= 0.3 is 0 Å². The van der Waals surface area contributed by atoms with E-state index in [0.29, 0.717) is 0 Å². The Bertz CT molecular complexity index is 223. The lowest BCUT2D eigenvalue weighted by molar-refractivity contribution is 0.288. The minimum atomic E-state index is 0.227. The summed E-state index contributed by atoms with van der Waals surface area (Å²) in [6.45, 7) is 0.227. The van der Waals surface area contributed by atoms with Gasteiger partial charge in [0.1, 0.15) is 0 Å². The zero-order chi connectivity index (χ0) is 8.10. The van der Waals surface area contributed by atoms with Gasteiger partial charge in [-0.25, -0.2) is 0 Å². The number of hydrogen-bond acceptors (Lipinski definition) is 1. The summed E-state index contributed by atoms with van der Waals surface area (Å²) < 4.78 is 0. The van der Waals surface area contributed by atoms with Crippen molar-refractivity contribution in [2.24, 2.45) is 0 Å². The van der Waals surface area contributed by atoms with E-state index in [1.807, 2.05) is 24.3 Å². The van der Waals surface area contributed by atoms with Crippen molar-refractivity contribution in [2.45, 2.75) is 12.8 Å². The average molecular weight is 171 g/mol. The van der Waals surface area contributed by atoms with Crippen LogP contribution in [0.25, 0.3) is 0 Å². The molecule has 1 N–H and O–H groups in total. The second kappa shape index (κ2) is 4.37. The number of aryl methyl sites for hydroxylation is 1. The highest BCUT2D eigenvalue weighted by Gasteiger charge is 1.96. The molecule has 0 unspecified atom stereocenters. The van der Waals surface area contributed by atoms with Gasteiger partial charge in [-0.3, -0.25) is 0 Å². The first-order valence-electron chi connectivity index (χ1n) is 3.69. The van der Waals surface area contributed by atoms with E-state index in [0.717, 1.165) is 23.4 Å². The first kappa shape index (κ1) is 8.57. The molecule has 0 saturated carbocycles. The van der Waals surface area contributed by atoms with Crippen molar-refractivity contribution < 1.29 is 5.11 Å². The third-order valence-corrected chi connectivity index (χ3v) is 1.93. The van der Waals surface area contributed by atoms with Crippen molar-refractivity contribution in [3.8, 4) is 0 Å². The first-order chi connectivity index (χ1) is 5.34. The minimum absolute atomic E-state index is 0.227. The van der Waals surface area contributed by atoms with Crippen LogP contribution in [-0.4, -0.2) is 11.7 Å². The van der Waals surface area contributed by atoms with Gasteiger partial charge in [0.15, 0.2) is 0 Å². The smallest absolute Gasteiger partial charge is 0.0437 e. The number of aliphatic hydroxyl groups is 1. The zero-order valence-electron chi connectivity index (χ0n) is 6.26. The van der Waals surface area contributed by atoms with Crippen molar-refractivity contribution in [1.29, 1.82) is 0 Å². The number of aliphatic hydroxyl groups excluding tert-OH is 1. The van der Waals surface area contributed by atoms with Crippen LogP contribution in [0.4, 0.5) is 0 Å². The number of benzene rings is 1. The quantitative estimate of drug-likeness (QED) is 0.738. The van der Waals surface area contributed by atoms with Crippen LogP contribution < -0.4 is 0 Å². The summed E-state index contributed by atoms with van der Waals surface area (Å²) >= 11 is 5.88. The van der Waals surface area contributed by atoms with E-state index >= 15 is 0 Å². The van der Waals surface area contributed by atoms with Gasteiger partial charge in [0.2, 0.25) is 0 Å². The maximum absolute atomic E-state index is 8.58. The number of halogens is 1. The van der Waals surface area contributed by atoms with Gasteiger partial charge in [-0.15, -0.1) is 0 Å². The van der Waals surface area contributed by atoms with Crippen LogP contribution in [0.5, 0.6) is 0 Å². The van der Waals surface area contributed by atoms with Gasteiger partial charge in [-0.2, -0.15) is 0 Å². The Balaban J connectivity index is 2.62. The SMILES string of the molecule is OCCCc1ccccc1Cl. The second-order valence-corrected chi connectivity index (χ2v) is 2.83. The molecule has 0 amide bonds. The summed E-state index contributed by atoms with van der Waals surface area (Å²) in [6, 6.07) is 7.72. The highest BCUT2D eigenvalue weighted by molar-refractivity contribution is 6.31. The molecule has 1 aromatic rings. The lowest BCUT2D eigenvalue weighted by Gasteiger charge is -2.00. The maximum atomic E-state index is 8.58. The summed E-state index contributed by atoms with van der Waals surface area (Å²) in [7, 11) is 0. The third kappa shape index (κ3) is 2.52. The van der Waals surface area contributed by atoms with Crippen molar-refractivity contribution in [1.82, 2.24) is 0 Å². The lowest BCUT2D eigenvalue weighted by atomic mass is 10.1. The standard InChI is InChI=1S/C9H11ClO/c10-9-6-2-1-4-8(9)5-3-7-11/h1-2,4,6,11H,3,5,7H2. The summed E-state index contributed by atoms with van der Waals surface area (Å²) in [5.74, 6) is 0. The van der Waals surface area contributed by atoms with Crippen molar-refractivity contribution in [2.75, 3.05) is 6.61 Å². The Morgan fingerprint density at radius 3 is 2.64 bits per heavy atom. The van der Waals surface area contributed by atoms with Gasteiger partial charge in [0.05, 0.1) is 0 Å². The summed E-state index contributed by atoms with van der Waals surface area (Å²) in [5, 5.41) is 9.37. The molecular weight excluding hydrogens is 160 g/mol. The molecule has 0 saturated heterocycles. The van der Waals surface area contributed by atoms with E-state index in [9.17, 15) is 0 Å². The average Bonchev–Trinajstić information content (AvgIpc) is 2.03. The van der Waals surface area contributed by atoms with Gasteiger partial charge in [0, 0.05) is 11.6 Å². The molecule has 2 heteroatoms. The fourth-order valence-electron chi connectivity index (χ4n) is 0.971. The number of hydrogen-bond donors (Lipinski definition) is 1.